The zero-order valence-electron chi connectivity index (χ0n) is 8.92. The Morgan fingerprint density at radius 3 is 2.87 bits per heavy atom. The van der Waals surface area contributed by atoms with Crippen molar-refractivity contribution >= 4 is 11.6 Å². The number of rotatable bonds is 1. The summed E-state index contributed by atoms with van der Waals surface area (Å²) in [4.78, 5) is 11.3. The first-order valence-corrected chi connectivity index (χ1v) is 5.31. The normalized spacial score (nSPS) is 21.1. The Hall–Kier alpha value is -1.51. The van der Waals surface area contributed by atoms with Gasteiger partial charge in [0.25, 0.3) is 0 Å². The van der Waals surface area contributed by atoms with E-state index < -0.39 is 0 Å². The van der Waals surface area contributed by atoms with Gasteiger partial charge in [0.1, 0.15) is 0 Å². The van der Waals surface area contributed by atoms with Gasteiger partial charge < -0.3 is 11.1 Å². The van der Waals surface area contributed by atoms with Gasteiger partial charge in [-0.15, -0.1) is 0 Å². The number of nitrogen functional groups attached to an aromatic ring is 1. The highest BCUT2D eigenvalue weighted by Crippen LogP contribution is 2.25. The minimum atomic E-state index is 0.145. The molecule has 1 aromatic carbocycles. The van der Waals surface area contributed by atoms with E-state index >= 15 is 0 Å². The van der Waals surface area contributed by atoms with Crippen LogP contribution in [0.15, 0.2) is 18.2 Å². The Kier molecular flexibility index (Phi) is 2.62. The quantitative estimate of drug-likeness (QED) is 0.687. The maximum absolute atomic E-state index is 11.3. The molecule has 0 spiro atoms. The largest absolute Gasteiger partial charge is 0.399 e. The molecule has 1 unspecified atom stereocenters. The second-order valence-corrected chi connectivity index (χ2v) is 4.19. The lowest BCUT2D eigenvalue weighted by Gasteiger charge is -2.24. The molecule has 1 fully saturated rings. The molecular weight excluding hydrogens is 188 g/mol. The van der Waals surface area contributed by atoms with Crippen LogP contribution in [0.5, 0.6) is 0 Å². The van der Waals surface area contributed by atoms with E-state index in [2.05, 4.69) is 11.4 Å². The van der Waals surface area contributed by atoms with Gasteiger partial charge in [0, 0.05) is 12.1 Å². The van der Waals surface area contributed by atoms with Crippen LogP contribution in [0.25, 0.3) is 0 Å². The van der Waals surface area contributed by atoms with Crippen molar-refractivity contribution in [2.75, 3.05) is 5.73 Å². The molecule has 1 aliphatic heterocycles. The van der Waals surface area contributed by atoms with Gasteiger partial charge >= 0.3 is 0 Å². The molecule has 1 saturated heterocycles. The fraction of sp³-hybridized carbons (Fsp3) is 0.417. The summed E-state index contributed by atoms with van der Waals surface area (Å²) in [6.45, 7) is 2.02. The number of carbonyl (C=O) groups excluding carboxylic acids is 1. The summed E-state index contributed by atoms with van der Waals surface area (Å²) in [5, 5.41) is 2.99. The molecule has 0 saturated carbocycles. The van der Waals surface area contributed by atoms with Crippen LogP contribution in [0, 0.1) is 6.92 Å². The highest BCUT2D eigenvalue weighted by atomic mass is 16.1. The maximum atomic E-state index is 11.3. The molecule has 0 bridgehead atoms. The van der Waals surface area contributed by atoms with Crippen molar-refractivity contribution in [1.29, 1.82) is 0 Å². The first-order chi connectivity index (χ1) is 7.15. The highest BCUT2D eigenvalue weighted by Gasteiger charge is 2.19. The molecule has 0 aromatic heterocycles. The first kappa shape index (κ1) is 10.0. The third kappa shape index (κ3) is 2.29. The molecule has 2 rings (SSSR count). The SMILES string of the molecule is Cc1cc(N)cc(C2CCCC(=O)N2)c1. The lowest BCUT2D eigenvalue weighted by molar-refractivity contribution is -0.123. The first-order valence-electron chi connectivity index (χ1n) is 5.31. The highest BCUT2D eigenvalue weighted by molar-refractivity contribution is 5.77. The van der Waals surface area contributed by atoms with E-state index in [-0.39, 0.29) is 11.9 Å². The molecule has 15 heavy (non-hydrogen) atoms. The summed E-state index contributed by atoms with van der Waals surface area (Å²) in [5.74, 6) is 0.145. The Morgan fingerprint density at radius 1 is 1.40 bits per heavy atom. The number of anilines is 1. The van der Waals surface area contributed by atoms with Crippen molar-refractivity contribution in [3.63, 3.8) is 0 Å². The Morgan fingerprint density at radius 2 is 2.20 bits per heavy atom. The van der Waals surface area contributed by atoms with Gasteiger partial charge in [0.15, 0.2) is 0 Å². The third-order valence-corrected chi connectivity index (χ3v) is 2.76. The lowest BCUT2D eigenvalue weighted by Crippen LogP contribution is -2.32. The number of amides is 1. The summed E-state index contributed by atoms with van der Waals surface area (Å²) in [6, 6.07) is 6.12. The maximum Gasteiger partial charge on any atom is 0.220 e. The molecule has 80 valence electrons. The van der Waals surface area contributed by atoms with E-state index in [0.29, 0.717) is 6.42 Å². The lowest BCUT2D eigenvalue weighted by atomic mass is 9.95. The second kappa shape index (κ2) is 3.93. The third-order valence-electron chi connectivity index (χ3n) is 2.76. The Labute approximate surface area is 89.7 Å². The van der Waals surface area contributed by atoms with Crippen LogP contribution in [0.4, 0.5) is 5.69 Å². The van der Waals surface area contributed by atoms with Gasteiger partial charge in [-0.3, -0.25) is 4.79 Å². The minimum absolute atomic E-state index is 0.145. The number of nitrogens with two attached hydrogens (primary N) is 1. The minimum Gasteiger partial charge on any atom is -0.399 e. The van der Waals surface area contributed by atoms with Crippen molar-refractivity contribution in [3.8, 4) is 0 Å². The summed E-state index contributed by atoms with van der Waals surface area (Å²) in [5.41, 5.74) is 8.83. The van der Waals surface area contributed by atoms with Crippen LogP contribution in [-0.4, -0.2) is 5.91 Å². The van der Waals surface area contributed by atoms with Crippen LogP contribution in [0.2, 0.25) is 0 Å². The van der Waals surface area contributed by atoms with Crippen molar-refractivity contribution in [2.24, 2.45) is 0 Å². The molecule has 0 radical (unpaired) electrons. The van der Waals surface area contributed by atoms with E-state index in [0.717, 1.165) is 29.7 Å². The van der Waals surface area contributed by atoms with Gasteiger partial charge in [-0.25, -0.2) is 0 Å². The zero-order valence-corrected chi connectivity index (χ0v) is 8.92. The smallest absolute Gasteiger partial charge is 0.220 e. The van der Waals surface area contributed by atoms with Crippen molar-refractivity contribution in [1.82, 2.24) is 5.32 Å². The number of benzene rings is 1. The average Bonchev–Trinajstić information content (AvgIpc) is 2.16. The summed E-state index contributed by atoms with van der Waals surface area (Å²) in [6.07, 6.45) is 2.62. The fourth-order valence-corrected chi connectivity index (χ4v) is 2.10. The van der Waals surface area contributed by atoms with Gasteiger partial charge in [-0.2, -0.15) is 0 Å². The molecule has 1 atom stereocenters. The van der Waals surface area contributed by atoms with Gasteiger partial charge in [-0.05, 0) is 43.0 Å². The second-order valence-electron chi connectivity index (χ2n) is 4.19. The molecule has 3 nitrogen and oxygen atoms in total. The molecule has 3 N–H and O–H groups in total. The fourth-order valence-electron chi connectivity index (χ4n) is 2.10. The monoisotopic (exact) mass is 204 g/mol. The van der Waals surface area contributed by atoms with Crippen molar-refractivity contribution < 1.29 is 4.79 Å². The van der Waals surface area contributed by atoms with E-state index in [1.165, 1.54) is 0 Å². The standard InChI is InChI=1S/C12H16N2O/c1-8-5-9(7-10(13)6-8)11-3-2-4-12(15)14-11/h5-7,11H,2-4,13H2,1H3,(H,14,15). The molecule has 0 aliphatic carbocycles. The number of nitrogens with one attached hydrogen (secondary N) is 1. The number of piperidine rings is 1. The van der Waals surface area contributed by atoms with E-state index in [1.807, 2.05) is 19.1 Å². The summed E-state index contributed by atoms with van der Waals surface area (Å²) in [7, 11) is 0. The van der Waals surface area contributed by atoms with Gasteiger partial charge in [-0.1, -0.05) is 6.07 Å². The van der Waals surface area contributed by atoms with Crippen LogP contribution in [0.1, 0.15) is 36.4 Å². The molecule has 1 heterocycles. The van der Waals surface area contributed by atoms with Crippen LogP contribution < -0.4 is 11.1 Å². The Bertz CT molecular complexity index is 367. The molecule has 3 heteroatoms. The molecular formula is C12H16N2O. The predicted octanol–water partition coefficient (Wildman–Crippen LogP) is 1.92. The van der Waals surface area contributed by atoms with Gasteiger partial charge in [0.05, 0.1) is 6.04 Å². The van der Waals surface area contributed by atoms with Crippen molar-refractivity contribution in [3.05, 3.63) is 29.3 Å². The van der Waals surface area contributed by atoms with Gasteiger partial charge in [0.2, 0.25) is 5.91 Å². The summed E-state index contributed by atoms with van der Waals surface area (Å²) >= 11 is 0. The van der Waals surface area contributed by atoms with Crippen LogP contribution in [-0.2, 0) is 4.79 Å². The Balaban J connectivity index is 2.24. The number of carbonyl (C=O) groups is 1. The van der Waals surface area contributed by atoms with Crippen molar-refractivity contribution in [2.45, 2.75) is 32.2 Å². The number of aryl methyl sites for hydroxylation is 1. The summed E-state index contributed by atoms with van der Waals surface area (Å²) < 4.78 is 0. The number of hydrogen-bond donors (Lipinski definition) is 2. The average molecular weight is 204 g/mol. The molecule has 1 aromatic rings. The van der Waals surface area contributed by atoms with Crippen LogP contribution >= 0.6 is 0 Å². The number of hydrogen-bond acceptors (Lipinski definition) is 2. The van der Waals surface area contributed by atoms with E-state index in [1.54, 1.807) is 0 Å². The van der Waals surface area contributed by atoms with E-state index in [9.17, 15) is 4.79 Å². The van der Waals surface area contributed by atoms with E-state index in [4.69, 9.17) is 5.73 Å². The topological polar surface area (TPSA) is 55.1 Å². The molecule has 1 aliphatic rings. The predicted molar refractivity (Wildman–Crippen MR) is 60.3 cm³/mol. The zero-order chi connectivity index (χ0) is 10.8. The van der Waals surface area contributed by atoms with Crippen LogP contribution in [0.3, 0.4) is 0 Å². The molecule has 1 amide bonds.